The van der Waals surface area contributed by atoms with E-state index in [2.05, 4.69) is 31.0 Å². The van der Waals surface area contributed by atoms with Crippen LogP contribution in [0.15, 0.2) is 18.2 Å². The Morgan fingerprint density at radius 3 is 2.76 bits per heavy atom. The number of aryl methyl sites for hydroxylation is 1. The fraction of sp³-hybridized carbons (Fsp3) is 0.500. The van der Waals surface area contributed by atoms with Gasteiger partial charge in [0.25, 0.3) is 5.91 Å². The second-order valence-corrected chi connectivity index (χ2v) is 6.05. The largest absolute Gasteiger partial charge is 0.349 e. The second-order valence-electron chi connectivity index (χ2n) is 6.05. The van der Waals surface area contributed by atoms with Crippen LogP contribution in [0, 0.1) is 30.6 Å². The number of benzene rings is 1. The maximum atomic E-state index is 12.5. The lowest BCUT2D eigenvalue weighted by Crippen LogP contribution is -2.37. The van der Waals surface area contributed by atoms with Crippen LogP contribution in [0.3, 0.4) is 0 Å². The van der Waals surface area contributed by atoms with E-state index in [-0.39, 0.29) is 11.9 Å². The zero-order valence-corrected chi connectivity index (χ0v) is 13.1. The van der Waals surface area contributed by atoms with Crippen LogP contribution in [0.5, 0.6) is 0 Å². The lowest BCUT2D eigenvalue weighted by molar-refractivity contribution is 0.0927. The van der Waals surface area contributed by atoms with E-state index in [1.807, 2.05) is 25.1 Å². The minimum atomic E-state index is -0.0257. The maximum absolute atomic E-state index is 12.5. The highest BCUT2D eigenvalue weighted by Crippen LogP contribution is 2.31. The highest BCUT2D eigenvalue weighted by molar-refractivity contribution is 5.97. The maximum Gasteiger partial charge on any atom is 0.252 e. The summed E-state index contributed by atoms with van der Waals surface area (Å²) in [5.41, 5.74) is 7.93. The molecule has 3 nitrogen and oxygen atoms in total. The van der Waals surface area contributed by atoms with Gasteiger partial charge in [-0.3, -0.25) is 4.79 Å². The van der Waals surface area contributed by atoms with Gasteiger partial charge in [0, 0.05) is 11.6 Å². The van der Waals surface area contributed by atoms with Crippen LogP contribution in [-0.4, -0.2) is 18.5 Å². The van der Waals surface area contributed by atoms with Crippen molar-refractivity contribution in [2.24, 2.45) is 17.6 Å². The molecule has 0 bridgehead atoms. The molecule has 21 heavy (non-hydrogen) atoms. The highest BCUT2D eigenvalue weighted by Gasteiger charge is 2.31. The summed E-state index contributed by atoms with van der Waals surface area (Å²) in [6.45, 7) is 6.76. The number of carbonyl (C=O) groups is 1. The molecule has 0 saturated heterocycles. The average Bonchev–Trinajstić information content (AvgIpc) is 2.77. The van der Waals surface area contributed by atoms with Crippen molar-refractivity contribution in [2.45, 2.75) is 39.7 Å². The Morgan fingerprint density at radius 1 is 1.38 bits per heavy atom. The van der Waals surface area contributed by atoms with Gasteiger partial charge >= 0.3 is 0 Å². The molecule has 0 radical (unpaired) electrons. The Bertz CT molecular complexity index is 583. The number of hydrogen-bond acceptors (Lipinski definition) is 2. The Balaban J connectivity index is 2.19. The number of carbonyl (C=O) groups excluding carboxylic acids is 1. The first-order valence-corrected chi connectivity index (χ1v) is 7.63. The fourth-order valence-corrected chi connectivity index (χ4v) is 2.92. The van der Waals surface area contributed by atoms with Gasteiger partial charge < -0.3 is 11.1 Å². The SMILES string of the molecule is Cc1ccc(C(=O)NC2CCC(C)C2C)c(C#CCN)c1. The predicted molar refractivity (Wildman–Crippen MR) is 85.9 cm³/mol. The molecular formula is C18H24N2O. The normalized spacial score (nSPS) is 24.3. The summed E-state index contributed by atoms with van der Waals surface area (Å²) in [7, 11) is 0. The van der Waals surface area contributed by atoms with Gasteiger partial charge in [-0.25, -0.2) is 0 Å². The van der Waals surface area contributed by atoms with Gasteiger partial charge in [0.05, 0.1) is 12.1 Å². The van der Waals surface area contributed by atoms with Gasteiger partial charge in [-0.1, -0.05) is 31.8 Å². The Kier molecular flexibility index (Phi) is 5.03. The molecule has 0 aromatic heterocycles. The summed E-state index contributed by atoms with van der Waals surface area (Å²) < 4.78 is 0. The van der Waals surface area contributed by atoms with E-state index < -0.39 is 0 Å². The van der Waals surface area contributed by atoms with E-state index in [1.165, 1.54) is 6.42 Å². The molecule has 3 atom stereocenters. The van der Waals surface area contributed by atoms with Crippen molar-refractivity contribution >= 4 is 5.91 Å². The zero-order chi connectivity index (χ0) is 15.4. The van der Waals surface area contributed by atoms with Gasteiger partial charge in [0.1, 0.15) is 0 Å². The lowest BCUT2D eigenvalue weighted by atomic mass is 9.97. The summed E-state index contributed by atoms with van der Waals surface area (Å²) in [5.74, 6) is 7.01. The van der Waals surface area contributed by atoms with Gasteiger partial charge in [-0.15, -0.1) is 0 Å². The Morgan fingerprint density at radius 2 is 2.14 bits per heavy atom. The van der Waals surface area contributed by atoms with E-state index in [0.29, 0.717) is 23.9 Å². The summed E-state index contributed by atoms with van der Waals surface area (Å²) >= 11 is 0. The number of rotatable bonds is 2. The van der Waals surface area contributed by atoms with Crippen molar-refractivity contribution in [1.82, 2.24) is 5.32 Å². The molecule has 3 N–H and O–H groups in total. The average molecular weight is 284 g/mol. The molecule has 1 aromatic carbocycles. The number of nitrogens with one attached hydrogen (secondary N) is 1. The minimum absolute atomic E-state index is 0.0257. The lowest BCUT2D eigenvalue weighted by Gasteiger charge is -2.20. The summed E-state index contributed by atoms with van der Waals surface area (Å²) in [6, 6.07) is 6.01. The standard InChI is InChI=1S/C18H24N2O/c1-12-6-8-16(15(11-12)5-4-10-19)18(21)20-17-9-7-13(2)14(17)3/h6,8,11,13-14,17H,7,9-10,19H2,1-3H3,(H,20,21). The molecule has 1 amide bonds. The molecule has 1 aliphatic rings. The number of hydrogen-bond donors (Lipinski definition) is 2. The van der Waals surface area contributed by atoms with Crippen molar-refractivity contribution in [3.8, 4) is 11.8 Å². The van der Waals surface area contributed by atoms with Gasteiger partial charge in [-0.2, -0.15) is 0 Å². The van der Waals surface area contributed by atoms with Crippen LogP contribution in [-0.2, 0) is 0 Å². The quantitative estimate of drug-likeness (QED) is 0.820. The third-order valence-corrected chi connectivity index (χ3v) is 4.53. The molecular weight excluding hydrogens is 260 g/mol. The summed E-state index contributed by atoms with van der Waals surface area (Å²) in [5, 5.41) is 3.17. The Labute approximate surface area is 127 Å². The first-order valence-electron chi connectivity index (χ1n) is 7.63. The van der Waals surface area contributed by atoms with E-state index in [0.717, 1.165) is 17.5 Å². The van der Waals surface area contributed by atoms with Crippen LogP contribution in [0.1, 0.15) is 48.2 Å². The van der Waals surface area contributed by atoms with E-state index in [9.17, 15) is 4.79 Å². The smallest absolute Gasteiger partial charge is 0.252 e. The molecule has 1 aromatic rings. The third kappa shape index (κ3) is 3.65. The van der Waals surface area contributed by atoms with E-state index in [4.69, 9.17) is 5.73 Å². The van der Waals surface area contributed by atoms with Crippen LogP contribution in [0.25, 0.3) is 0 Å². The van der Waals surface area contributed by atoms with Gasteiger partial charge in [0.15, 0.2) is 0 Å². The Hall–Kier alpha value is -1.79. The molecule has 3 heteroatoms. The first-order chi connectivity index (χ1) is 10.0. The van der Waals surface area contributed by atoms with Crippen LogP contribution >= 0.6 is 0 Å². The van der Waals surface area contributed by atoms with Crippen molar-refractivity contribution < 1.29 is 4.79 Å². The molecule has 1 aliphatic carbocycles. The van der Waals surface area contributed by atoms with E-state index >= 15 is 0 Å². The molecule has 0 spiro atoms. The molecule has 1 fully saturated rings. The summed E-state index contributed by atoms with van der Waals surface area (Å²) in [4.78, 5) is 12.5. The fourth-order valence-electron chi connectivity index (χ4n) is 2.92. The van der Waals surface area contributed by atoms with Crippen molar-refractivity contribution in [1.29, 1.82) is 0 Å². The third-order valence-electron chi connectivity index (χ3n) is 4.53. The predicted octanol–water partition coefficient (Wildman–Crippen LogP) is 2.47. The zero-order valence-electron chi connectivity index (χ0n) is 13.1. The van der Waals surface area contributed by atoms with Gasteiger partial charge in [-0.05, 0) is 49.3 Å². The minimum Gasteiger partial charge on any atom is -0.349 e. The first kappa shape index (κ1) is 15.6. The molecule has 2 rings (SSSR count). The second kappa shape index (κ2) is 6.78. The molecule has 112 valence electrons. The van der Waals surface area contributed by atoms with Crippen LogP contribution in [0.2, 0.25) is 0 Å². The van der Waals surface area contributed by atoms with Crippen molar-refractivity contribution in [3.05, 3.63) is 34.9 Å². The number of nitrogens with two attached hydrogens (primary N) is 1. The molecule has 0 heterocycles. The van der Waals surface area contributed by atoms with Crippen molar-refractivity contribution in [3.63, 3.8) is 0 Å². The van der Waals surface area contributed by atoms with Gasteiger partial charge in [0.2, 0.25) is 0 Å². The van der Waals surface area contributed by atoms with Crippen LogP contribution < -0.4 is 11.1 Å². The topological polar surface area (TPSA) is 55.1 Å². The highest BCUT2D eigenvalue weighted by atomic mass is 16.1. The molecule has 1 saturated carbocycles. The summed E-state index contributed by atoms with van der Waals surface area (Å²) in [6.07, 6.45) is 2.24. The molecule has 3 unspecified atom stereocenters. The monoisotopic (exact) mass is 284 g/mol. The number of amides is 1. The van der Waals surface area contributed by atoms with E-state index in [1.54, 1.807) is 0 Å². The van der Waals surface area contributed by atoms with Crippen molar-refractivity contribution in [2.75, 3.05) is 6.54 Å². The molecule has 0 aliphatic heterocycles. The van der Waals surface area contributed by atoms with Crippen LogP contribution in [0.4, 0.5) is 0 Å².